The largest absolute Gasteiger partial charge is 0.493 e. The molecule has 0 bridgehead atoms. The van der Waals surface area contributed by atoms with Gasteiger partial charge in [-0.1, -0.05) is 30.3 Å². The Morgan fingerprint density at radius 2 is 1.70 bits per heavy atom. The Morgan fingerprint density at radius 1 is 1.04 bits per heavy atom. The van der Waals surface area contributed by atoms with Gasteiger partial charge in [-0.05, 0) is 29.8 Å². The summed E-state index contributed by atoms with van der Waals surface area (Å²) < 4.78 is 27.7. The molecule has 0 aromatic heterocycles. The smallest absolute Gasteiger partial charge is 0.238 e. The molecule has 3 N–H and O–H groups in total. The van der Waals surface area contributed by atoms with Gasteiger partial charge < -0.3 is 10.1 Å². The summed E-state index contributed by atoms with van der Waals surface area (Å²) in [6.45, 7) is 0.606. The lowest BCUT2D eigenvalue weighted by Gasteiger charge is -2.07. The molecule has 1 amide bonds. The maximum Gasteiger partial charge on any atom is 0.238 e. The first kappa shape index (κ1) is 17.0. The fourth-order valence-electron chi connectivity index (χ4n) is 1.86. The molecule has 2 rings (SSSR count). The molecule has 0 atom stereocenters. The number of rotatable bonds is 7. The van der Waals surface area contributed by atoms with Crippen LogP contribution in [0.15, 0.2) is 59.5 Å². The second-order valence-electron chi connectivity index (χ2n) is 4.88. The summed E-state index contributed by atoms with van der Waals surface area (Å²) in [5, 5.41) is 7.76. The molecular weight excluding hydrogens is 316 g/mol. The summed E-state index contributed by atoms with van der Waals surface area (Å²) in [7, 11) is -3.69. The number of hydrogen-bond donors (Lipinski definition) is 2. The number of ether oxygens (including phenoxy) is 1. The molecule has 0 aliphatic carbocycles. The van der Waals surface area contributed by atoms with Crippen molar-refractivity contribution in [3.05, 3.63) is 60.2 Å². The van der Waals surface area contributed by atoms with Crippen LogP contribution in [0.4, 0.5) is 0 Å². The molecule has 0 heterocycles. The Labute approximate surface area is 135 Å². The Morgan fingerprint density at radius 3 is 2.30 bits per heavy atom. The van der Waals surface area contributed by atoms with Gasteiger partial charge in [0.15, 0.2) is 0 Å². The minimum atomic E-state index is -3.69. The summed E-state index contributed by atoms with van der Waals surface area (Å²) in [5.74, 6) is 0.579. The van der Waals surface area contributed by atoms with E-state index in [1.165, 1.54) is 12.1 Å². The molecule has 23 heavy (non-hydrogen) atoms. The predicted molar refractivity (Wildman–Crippen MR) is 86.2 cm³/mol. The molecule has 0 fully saturated rings. The van der Waals surface area contributed by atoms with Crippen molar-refractivity contribution in [3.63, 3.8) is 0 Å². The summed E-state index contributed by atoms with van der Waals surface area (Å²) in [6.07, 6.45) is 0.240. The minimum Gasteiger partial charge on any atom is -0.493 e. The standard InChI is InChI=1S/C16H18N2O4S/c17-23(20,21)15-8-6-13(7-9-15)12-18-16(19)10-11-22-14-4-2-1-3-5-14/h1-9H,10-12H2,(H,18,19)(H2,17,20,21). The zero-order chi connectivity index (χ0) is 16.7. The Balaban J connectivity index is 1.74. The molecule has 0 aliphatic heterocycles. The van der Waals surface area contributed by atoms with E-state index in [9.17, 15) is 13.2 Å². The number of carbonyl (C=O) groups excluding carboxylic acids is 1. The number of benzene rings is 2. The second-order valence-corrected chi connectivity index (χ2v) is 6.44. The predicted octanol–water partition coefficient (Wildman–Crippen LogP) is 1.42. The molecule has 0 radical (unpaired) electrons. The minimum absolute atomic E-state index is 0.0452. The van der Waals surface area contributed by atoms with E-state index < -0.39 is 10.0 Å². The van der Waals surface area contributed by atoms with Crippen LogP contribution >= 0.6 is 0 Å². The third-order valence-electron chi connectivity index (χ3n) is 3.08. The maximum atomic E-state index is 11.7. The quantitative estimate of drug-likeness (QED) is 0.800. The van der Waals surface area contributed by atoms with E-state index in [0.717, 1.165) is 11.3 Å². The Hall–Kier alpha value is -2.38. The van der Waals surface area contributed by atoms with Crippen LogP contribution in [0.1, 0.15) is 12.0 Å². The van der Waals surface area contributed by atoms with Crippen molar-refractivity contribution in [3.8, 4) is 5.75 Å². The van der Waals surface area contributed by atoms with Crippen molar-refractivity contribution < 1.29 is 17.9 Å². The molecule has 0 aliphatic rings. The van der Waals surface area contributed by atoms with Crippen LogP contribution in [0, 0.1) is 0 Å². The first-order chi connectivity index (χ1) is 10.9. The summed E-state index contributed by atoms with van der Waals surface area (Å²) in [6, 6.07) is 15.3. The normalized spacial score (nSPS) is 11.0. The SMILES string of the molecule is NS(=O)(=O)c1ccc(CNC(=O)CCOc2ccccc2)cc1. The summed E-state index contributed by atoms with van der Waals surface area (Å²) in [5.41, 5.74) is 0.787. The average Bonchev–Trinajstić information content (AvgIpc) is 2.53. The van der Waals surface area contributed by atoms with Crippen molar-refractivity contribution in [1.29, 1.82) is 0 Å². The van der Waals surface area contributed by atoms with Gasteiger partial charge >= 0.3 is 0 Å². The first-order valence-electron chi connectivity index (χ1n) is 7.01. The molecule has 6 nitrogen and oxygen atoms in total. The monoisotopic (exact) mass is 334 g/mol. The maximum absolute atomic E-state index is 11.7. The van der Waals surface area contributed by atoms with E-state index in [4.69, 9.17) is 9.88 Å². The van der Waals surface area contributed by atoms with Gasteiger partial charge in [0.2, 0.25) is 15.9 Å². The molecule has 7 heteroatoms. The highest BCUT2D eigenvalue weighted by Crippen LogP contribution is 2.09. The van der Waals surface area contributed by atoms with Crippen LogP contribution in [0.5, 0.6) is 5.75 Å². The van der Waals surface area contributed by atoms with Crippen molar-refractivity contribution in [1.82, 2.24) is 5.32 Å². The summed E-state index contributed by atoms with van der Waals surface area (Å²) in [4.78, 5) is 11.8. The van der Waals surface area contributed by atoms with Gasteiger partial charge in [0, 0.05) is 6.54 Å². The van der Waals surface area contributed by atoms with E-state index in [-0.39, 0.29) is 17.2 Å². The van der Waals surface area contributed by atoms with Gasteiger partial charge in [-0.15, -0.1) is 0 Å². The van der Waals surface area contributed by atoms with Crippen molar-refractivity contribution in [2.45, 2.75) is 17.9 Å². The van der Waals surface area contributed by atoms with E-state index in [1.807, 2.05) is 30.3 Å². The number of carbonyl (C=O) groups is 1. The lowest BCUT2D eigenvalue weighted by Crippen LogP contribution is -2.24. The van der Waals surface area contributed by atoms with Crippen LogP contribution < -0.4 is 15.2 Å². The lowest BCUT2D eigenvalue weighted by atomic mass is 10.2. The number of primary sulfonamides is 1. The van der Waals surface area contributed by atoms with E-state index in [0.29, 0.717) is 13.2 Å². The molecule has 122 valence electrons. The second kappa shape index (κ2) is 7.75. The van der Waals surface area contributed by atoms with Gasteiger partial charge in [0.05, 0.1) is 17.9 Å². The van der Waals surface area contributed by atoms with Gasteiger partial charge in [-0.2, -0.15) is 0 Å². The van der Waals surface area contributed by atoms with Gasteiger partial charge in [-0.25, -0.2) is 13.6 Å². The molecule has 0 saturated heterocycles. The van der Waals surface area contributed by atoms with Crippen LogP contribution in [0.2, 0.25) is 0 Å². The van der Waals surface area contributed by atoms with Crippen molar-refractivity contribution >= 4 is 15.9 Å². The number of amides is 1. The van der Waals surface area contributed by atoms with Gasteiger partial charge in [-0.3, -0.25) is 4.79 Å². The van der Waals surface area contributed by atoms with Crippen molar-refractivity contribution in [2.24, 2.45) is 5.14 Å². The van der Waals surface area contributed by atoms with Crippen molar-refractivity contribution in [2.75, 3.05) is 6.61 Å². The average molecular weight is 334 g/mol. The molecule has 2 aromatic rings. The molecule has 2 aromatic carbocycles. The van der Waals surface area contributed by atoms with Crippen LogP contribution in [0.3, 0.4) is 0 Å². The van der Waals surface area contributed by atoms with Crippen LogP contribution in [-0.4, -0.2) is 20.9 Å². The fraction of sp³-hybridized carbons (Fsp3) is 0.188. The Bertz CT molecular complexity index is 743. The Kier molecular flexibility index (Phi) is 5.72. The number of nitrogens with two attached hydrogens (primary N) is 1. The number of nitrogens with one attached hydrogen (secondary N) is 1. The summed E-state index contributed by atoms with van der Waals surface area (Å²) >= 11 is 0. The van der Waals surface area contributed by atoms with Crippen LogP contribution in [0.25, 0.3) is 0 Å². The van der Waals surface area contributed by atoms with Gasteiger partial charge in [0.1, 0.15) is 5.75 Å². The zero-order valence-corrected chi connectivity index (χ0v) is 13.3. The highest BCUT2D eigenvalue weighted by molar-refractivity contribution is 7.89. The fourth-order valence-corrected chi connectivity index (χ4v) is 2.38. The molecule has 0 saturated carbocycles. The number of para-hydroxylation sites is 1. The van der Waals surface area contributed by atoms with E-state index >= 15 is 0 Å². The highest BCUT2D eigenvalue weighted by atomic mass is 32.2. The topological polar surface area (TPSA) is 98.5 Å². The lowest BCUT2D eigenvalue weighted by molar-refractivity contribution is -0.121. The van der Waals surface area contributed by atoms with Crippen LogP contribution in [-0.2, 0) is 21.4 Å². The third-order valence-corrected chi connectivity index (χ3v) is 4.01. The first-order valence-corrected chi connectivity index (χ1v) is 8.56. The van der Waals surface area contributed by atoms with Gasteiger partial charge in [0.25, 0.3) is 0 Å². The number of hydrogen-bond acceptors (Lipinski definition) is 4. The zero-order valence-electron chi connectivity index (χ0n) is 12.4. The third kappa shape index (κ3) is 5.72. The molecule has 0 unspecified atom stereocenters. The van der Waals surface area contributed by atoms with E-state index in [2.05, 4.69) is 5.32 Å². The number of sulfonamides is 1. The molecule has 0 spiro atoms. The highest BCUT2D eigenvalue weighted by Gasteiger charge is 2.07. The molecular formula is C16H18N2O4S. The van der Waals surface area contributed by atoms with E-state index in [1.54, 1.807) is 12.1 Å².